The van der Waals surface area contributed by atoms with Gasteiger partial charge in [-0.05, 0) is 50.8 Å². The fraction of sp³-hybridized carbons (Fsp3) is 0.588. The molecule has 3 N–H and O–H groups in total. The number of carbonyl (C=O) groups is 1. The molecule has 0 aromatic carbocycles. The van der Waals surface area contributed by atoms with Crippen molar-refractivity contribution in [2.45, 2.75) is 45.6 Å². The maximum absolute atomic E-state index is 12.2. The van der Waals surface area contributed by atoms with Crippen LogP contribution in [0.15, 0.2) is 4.79 Å². The lowest BCUT2D eigenvalue weighted by atomic mass is 10.00. The maximum atomic E-state index is 12.2. The van der Waals surface area contributed by atoms with E-state index in [0.717, 1.165) is 42.8 Å². The molecule has 9 heteroatoms. The van der Waals surface area contributed by atoms with Gasteiger partial charge in [-0.25, -0.2) is 4.98 Å². The van der Waals surface area contributed by atoms with Gasteiger partial charge in [0.2, 0.25) is 5.91 Å². The molecule has 1 amide bonds. The summed E-state index contributed by atoms with van der Waals surface area (Å²) in [7, 11) is 1.78. The Morgan fingerprint density at radius 3 is 2.73 bits per heavy atom. The third-order valence-electron chi connectivity index (χ3n) is 4.84. The Morgan fingerprint density at radius 1 is 1.35 bits per heavy atom. The summed E-state index contributed by atoms with van der Waals surface area (Å²) in [6, 6.07) is 0.228. The standard InChI is InChI=1S/C17H25N5O2.2ClH/c1-10-13(6-7-14(23)20-12-5-4-8-18-9-12)11(2)19-16-15(10)17(24)21-22(16)3;;/h12,18H,4-9H2,1-3H3,(H,20,23)(H,21,24);2*1H. The van der Waals surface area contributed by atoms with Crippen molar-refractivity contribution < 1.29 is 4.79 Å². The van der Waals surface area contributed by atoms with Gasteiger partial charge in [0.05, 0.1) is 5.39 Å². The first-order valence-corrected chi connectivity index (χ1v) is 8.52. The van der Waals surface area contributed by atoms with Gasteiger partial charge in [-0.3, -0.25) is 19.4 Å². The van der Waals surface area contributed by atoms with E-state index < -0.39 is 0 Å². The van der Waals surface area contributed by atoms with Crippen LogP contribution in [0.25, 0.3) is 11.0 Å². The first-order valence-electron chi connectivity index (χ1n) is 8.52. The van der Waals surface area contributed by atoms with Crippen molar-refractivity contribution in [2.75, 3.05) is 13.1 Å². The summed E-state index contributed by atoms with van der Waals surface area (Å²) in [6.07, 6.45) is 3.14. The van der Waals surface area contributed by atoms with Crippen molar-refractivity contribution in [2.24, 2.45) is 7.05 Å². The van der Waals surface area contributed by atoms with Gasteiger partial charge in [0.1, 0.15) is 0 Å². The number of hydrogen-bond acceptors (Lipinski definition) is 4. The molecular formula is C17H27Cl2N5O2. The van der Waals surface area contributed by atoms with Crippen molar-refractivity contribution in [3.05, 3.63) is 27.2 Å². The number of H-pyrrole nitrogens is 1. The Labute approximate surface area is 165 Å². The van der Waals surface area contributed by atoms with Crippen LogP contribution in [0.5, 0.6) is 0 Å². The Kier molecular flexibility index (Phi) is 8.12. The molecule has 7 nitrogen and oxygen atoms in total. The van der Waals surface area contributed by atoms with E-state index in [1.54, 1.807) is 11.7 Å². The Hall–Kier alpha value is -1.57. The van der Waals surface area contributed by atoms with Crippen LogP contribution in [0, 0.1) is 13.8 Å². The van der Waals surface area contributed by atoms with Gasteiger partial charge in [-0.15, -0.1) is 24.8 Å². The SMILES string of the molecule is Cc1nc2c(c(C)c1CCC(=O)NC1CCCNC1)c(=O)[nH]n2C.Cl.Cl. The molecule has 2 aromatic rings. The number of aromatic nitrogens is 3. The highest BCUT2D eigenvalue weighted by atomic mass is 35.5. The molecule has 146 valence electrons. The van der Waals surface area contributed by atoms with Crippen molar-refractivity contribution in [3.63, 3.8) is 0 Å². The topological polar surface area (TPSA) is 91.8 Å². The number of aromatic amines is 1. The number of hydrogen-bond donors (Lipinski definition) is 3. The lowest BCUT2D eigenvalue weighted by Crippen LogP contribution is -2.45. The second-order valence-electron chi connectivity index (χ2n) is 6.61. The molecule has 1 fully saturated rings. The van der Waals surface area contributed by atoms with Gasteiger partial charge < -0.3 is 10.6 Å². The van der Waals surface area contributed by atoms with Crippen LogP contribution in [0.2, 0.25) is 0 Å². The minimum absolute atomic E-state index is 0. The van der Waals surface area contributed by atoms with Gasteiger partial charge in [-0.1, -0.05) is 0 Å². The largest absolute Gasteiger partial charge is 0.352 e. The average molecular weight is 404 g/mol. The van der Waals surface area contributed by atoms with Crippen LogP contribution in [-0.2, 0) is 18.3 Å². The normalized spacial score (nSPS) is 16.7. The summed E-state index contributed by atoms with van der Waals surface area (Å²) in [4.78, 5) is 28.8. The summed E-state index contributed by atoms with van der Waals surface area (Å²) in [5.74, 6) is 0.0598. The smallest absolute Gasteiger partial charge is 0.273 e. The van der Waals surface area contributed by atoms with Gasteiger partial charge in [0.25, 0.3) is 5.56 Å². The van der Waals surface area contributed by atoms with Crippen molar-refractivity contribution in [1.29, 1.82) is 0 Å². The molecule has 0 saturated carbocycles. The van der Waals surface area contributed by atoms with E-state index in [1.807, 2.05) is 13.8 Å². The highest BCUT2D eigenvalue weighted by Gasteiger charge is 2.18. The molecule has 0 aliphatic carbocycles. The number of nitrogens with zero attached hydrogens (tertiary/aromatic N) is 2. The molecule has 1 aliphatic rings. The van der Waals surface area contributed by atoms with E-state index in [-0.39, 0.29) is 42.3 Å². The van der Waals surface area contributed by atoms with Gasteiger partial charge in [0, 0.05) is 31.7 Å². The number of carbonyl (C=O) groups excluding carboxylic acids is 1. The van der Waals surface area contributed by atoms with Crippen LogP contribution in [-0.4, -0.2) is 39.8 Å². The monoisotopic (exact) mass is 403 g/mol. The number of halogens is 2. The predicted octanol–water partition coefficient (Wildman–Crippen LogP) is 1.52. The van der Waals surface area contributed by atoms with Crippen molar-refractivity contribution in [1.82, 2.24) is 25.4 Å². The van der Waals surface area contributed by atoms with Gasteiger partial charge >= 0.3 is 0 Å². The minimum Gasteiger partial charge on any atom is -0.352 e. The van der Waals surface area contributed by atoms with E-state index in [0.29, 0.717) is 23.9 Å². The second-order valence-corrected chi connectivity index (χ2v) is 6.61. The van der Waals surface area contributed by atoms with Gasteiger partial charge in [-0.2, -0.15) is 0 Å². The third-order valence-corrected chi connectivity index (χ3v) is 4.84. The first kappa shape index (κ1) is 22.5. The summed E-state index contributed by atoms with van der Waals surface area (Å²) in [5.41, 5.74) is 3.33. The van der Waals surface area contributed by atoms with E-state index in [9.17, 15) is 9.59 Å². The van der Waals surface area contributed by atoms with Crippen LogP contribution in [0.3, 0.4) is 0 Å². The summed E-state index contributed by atoms with van der Waals surface area (Å²) in [5, 5.41) is 9.75. The molecule has 1 saturated heterocycles. The molecule has 3 heterocycles. The molecule has 0 bridgehead atoms. The average Bonchev–Trinajstić information content (AvgIpc) is 2.82. The summed E-state index contributed by atoms with van der Waals surface area (Å²) < 4.78 is 1.64. The molecule has 2 aromatic heterocycles. The number of aryl methyl sites for hydroxylation is 3. The number of amides is 1. The van der Waals surface area contributed by atoms with Crippen LogP contribution < -0.4 is 16.2 Å². The quantitative estimate of drug-likeness (QED) is 0.721. The van der Waals surface area contributed by atoms with Gasteiger partial charge in [0.15, 0.2) is 5.65 Å². The molecular weight excluding hydrogens is 377 g/mol. The molecule has 26 heavy (non-hydrogen) atoms. The van der Waals surface area contributed by atoms with Crippen molar-refractivity contribution in [3.8, 4) is 0 Å². The predicted molar refractivity (Wildman–Crippen MR) is 108 cm³/mol. The van der Waals surface area contributed by atoms with Crippen molar-refractivity contribution >= 4 is 41.8 Å². The number of piperidine rings is 1. The van der Waals surface area contributed by atoms with E-state index in [2.05, 4.69) is 20.7 Å². The fourth-order valence-corrected chi connectivity index (χ4v) is 3.53. The highest BCUT2D eigenvalue weighted by Crippen LogP contribution is 2.21. The summed E-state index contributed by atoms with van der Waals surface area (Å²) in [6.45, 7) is 5.74. The fourth-order valence-electron chi connectivity index (χ4n) is 3.53. The zero-order valence-corrected chi connectivity index (χ0v) is 17.0. The number of rotatable bonds is 4. The Balaban J connectivity index is 0.00000169. The van der Waals surface area contributed by atoms with E-state index >= 15 is 0 Å². The first-order chi connectivity index (χ1) is 11.5. The van der Waals surface area contributed by atoms with Crippen LogP contribution >= 0.6 is 24.8 Å². The van der Waals surface area contributed by atoms with Crippen LogP contribution in [0.1, 0.15) is 36.1 Å². The lowest BCUT2D eigenvalue weighted by molar-refractivity contribution is -0.121. The van der Waals surface area contributed by atoms with Crippen LogP contribution in [0.4, 0.5) is 0 Å². The second kappa shape index (κ2) is 9.39. The maximum Gasteiger partial charge on any atom is 0.273 e. The molecule has 0 radical (unpaired) electrons. The highest BCUT2D eigenvalue weighted by molar-refractivity contribution is 5.85. The Morgan fingerprint density at radius 2 is 2.08 bits per heavy atom. The molecule has 1 unspecified atom stereocenters. The number of pyridine rings is 1. The third kappa shape index (κ3) is 4.58. The molecule has 1 aliphatic heterocycles. The number of nitrogens with one attached hydrogen (secondary N) is 3. The minimum atomic E-state index is -0.128. The molecule has 3 rings (SSSR count). The van der Waals surface area contributed by atoms with E-state index in [1.165, 1.54) is 0 Å². The zero-order valence-electron chi connectivity index (χ0n) is 15.3. The number of fused-ring (bicyclic) bond motifs is 1. The van der Waals surface area contributed by atoms with E-state index in [4.69, 9.17) is 0 Å². The Bertz CT molecular complexity index is 825. The lowest BCUT2D eigenvalue weighted by Gasteiger charge is -2.23. The zero-order chi connectivity index (χ0) is 17.3. The molecule has 1 atom stereocenters. The molecule has 0 spiro atoms. The summed E-state index contributed by atoms with van der Waals surface area (Å²) >= 11 is 0.